The number of carboxylic acids is 4. The third-order valence-electron chi connectivity index (χ3n) is 5.72. The Hall–Kier alpha value is -6.68. The zero-order chi connectivity index (χ0) is 38.7. The first-order valence-corrected chi connectivity index (χ1v) is 14.7. The summed E-state index contributed by atoms with van der Waals surface area (Å²) in [5.41, 5.74) is 1.83. The van der Waals surface area contributed by atoms with Gasteiger partial charge in [-0.05, 0) is 48.6 Å². The first-order valence-electron chi connectivity index (χ1n) is 14.7. The monoisotopic (exact) mass is 908 g/mol. The van der Waals surface area contributed by atoms with Crippen molar-refractivity contribution in [1.29, 1.82) is 0 Å². The number of hydrogen-bond acceptors (Lipinski definition) is 12. The maximum absolute atomic E-state index is 11.2. The van der Waals surface area contributed by atoms with Gasteiger partial charge in [0.2, 0.25) is 0 Å². The Morgan fingerprint density at radius 2 is 0.434 bits per heavy atom. The third-order valence-corrected chi connectivity index (χ3v) is 5.72. The van der Waals surface area contributed by atoms with Crippen LogP contribution in [0.2, 0.25) is 0 Å². The van der Waals surface area contributed by atoms with Gasteiger partial charge < -0.3 is 39.6 Å². The number of carbonyl (C=O) groups excluding carboxylic acids is 8. The van der Waals surface area contributed by atoms with E-state index in [-0.39, 0.29) is 50.4 Å². The van der Waals surface area contributed by atoms with E-state index in [4.69, 9.17) is 0 Å². The second kappa shape index (κ2) is 27.1. The topological polar surface area (TPSA) is 229 Å². The smallest absolute Gasteiger partial charge is 0.545 e. The number of hydrogen-bond donors (Lipinski definition) is 0. The number of allylic oxidation sites excluding steroid dienone is 4. The van der Waals surface area contributed by atoms with E-state index in [1.54, 1.807) is 121 Å². The molecule has 0 heterocycles. The fourth-order valence-electron chi connectivity index (χ4n) is 3.37. The van der Waals surface area contributed by atoms with E-state index >= 15 is 0 Å². The largest absolute Gasteiger partial charge is 4.00 e. The zero-order valence-corrected chi connectivity index (χ0v) is 31.5. The molecule has 0 aliphatic rings. The van der Waals surface area contributed by atoms with Gasteiger partial charge in [0.15, 0.2) is 23.1 Å². The van der Waals surface area contributed by atoms with Gasteiger partial charge in [-0.1, -0.05) is 121 Å². The van der Waals surface area contributed by atoms with Crippen molar-refractivity contribution in [1.82, 2.24) is 0 Å². The molecule has 0 aromatic heterocycles. The number of carbonyl (C=O) groups is 8. The van der Waals surface area contributed by atoms with Crippen LogP contribution in [0.5, 0.6) is 0 Å². The predicted molar refractivity (Wildman–Crippen MR) is 185 cm³/mol. The summed E-state index contributed by atoms with van der Waals surface area (Å²) in [7, 11) is 0. The minimum Gasteiger partial charge on any atom is -0.545 e. The average molecular weight is 908 g/mol. The summed E-state index contributed by atoms with van der Waals surface area (Å²) in [6.07, 6.45) is 6.78. The van der Waals surface area contributed by atoms with Gasteiger partial charge >= 0.3 is 27.3 Å². The molecule has 0 aliphatic carbocycles. The van der Waals surface area contributed by atoms with E-state index in [0.717, 1.165) is 48.6 Å². The number of benzene rings is 4. The maximum Gasteiger partial charge on any atom is 4.00 e. The van der Waals surface area contributed by atoms with Crippen molar-refractivity contribution >= 4 is 74.3 Å². The van der Waals surface area contributed by atoms with E-state index < -0.39 is 23.9 Å². The fourth-order valence-corrected chi connectivity index (χ4v) is 3.37. The standard InChI is InChI=1S/4C10H8O3.Pb/c4*11-9(6-7-10(12)13)8-4-2-1-3-5-8;/h4*1-7H,(H,12,13);/q;;;;+4/p-4/b4*7-6+;. The second-order valence-electron chi connectivity index (χ2n) is 9.53. The van der Waals surface area contributed by atoms with E-state index in [1.807, 2.05) is 0 Å². The summed E-state index contributed by atoms with van der Waals surface area (Å²) in [5.74, 6) is -6.86. The summed E-state index contributed by atoms with van der Waals surface area (Å²) < 4.78 is 0. The number of aliphatic carboxylic acids is 4. The molecule has 0 saturated carbocycles. The molecular weight excluding hydrogens is 880 g/mol. The molecule has 13 heteroatoms. The zero-order valence-electron chi connectivity index (χ0n) is 27.6. The van der Waals surface area contributed by atoms with Crippen LogP contribution in [0.1, 0.15) is 41.4 Å². The van der Waals surface area contributed by atoms with Crippen LogP contribution < -0.4 is 20.4 Å². The van der Waals surface area contributed by atoms with Gasteiger partial charge in [-0.3, -0.25) is 19.2 Å². The van der Waals surface area contributed by atoms with Gasteiger partial charge in [0.05, 0.1) is 23.9 Å². The minimum absolute atomic E-state index is 0. The third kappa shape index (κ3) is 22.6. The van der Waals surface area contributed by atoms with Crippen molar-refractivity contribution in [2.75, 3.05) is 0 Å². The second-order valence-corrected chi connectivity index (χ2v) is 9.53. The van der Waals surface area contributed by atoms with Gasteiger partial charge in [-0.25, -0.2) is 0 Å². The molecule has 0 spiro atoms. The first kappa shape index (κ1) is 46.3. The van der Waals surface area contributed by atoms with Crippen molar-refractivity contribution in [3.8, 4) is 0 Å². The van der Waals surface area contributed by atoms with Crippen molar-refractivity contribution < 1.29 is 58.8 Å². The van der Waals surface area contributed by atoms with Crippen molar-refractivity contribution in [3.05, 3.63) is 192 Å². The molecule has 4 rings (SSSR count). The van der Waals surface area contributed by atoms with Crippen molar-refractivity contribution in [2.24, 2.45) is 0 Å². The molecule has 0 atom stereocenters. The molecule has 0 bridgehead atoms. The predicted octanol–water partition coefficient (Wildman–Crippen LogP) is 0.321. The molecule has 12 nitrogen and oxygen atoms in total. The molecule has 4 aromatic carbocycles. The summed E-state index contributed by atoms with van der Waals surface area (Å²) in [4.78, 5) is 84.6. The molecule has 0 aliphatic heterocycles. The van der Waals surface area contributed by atoms with Crippen LogP contribution in [-0.4, -0.2) is 74.3 Å². The van der Waals surface area contributed by atoms with E-state index in [1.165, 1.54) is 0 Å². The van der Waals surface area contributed by atoms with Gasteiger partial charge in [-0.2, -0.15) is 0 Å². The van der Waals surface area contributed by atoms with E-state index in [0.29, 0.717) is 22.3 Å². The molecule has 0 fully saturated rings. The van der Waals surface area contributed by atoms with Crippen LogP contribution in [-0.2, 0) is 19.2 Å². The summed E-state index contributed by atoms with van der Waals surface area (Å²) in [6.45, 7) is 0. The Morgan fingerprint density at radius 1 is 0.283 bits per heavy atom. The Balaban J connectivity index is 0.000000676. The fraction of sp³-hybridized carbons (Fsp3) is 0. The molecule has 0 N–H and O–H groups in total. The quantitative estimate of drug-likeness (QED) is 0.106. The van der Waals surface area contributed by atoms with Crippen LogP contribution >= 0.6 is 0 Å². The first-order chi connectivity index (χ1) is 24.8. The molecule has 4 aromatic rings. The number of carboxylic acid groups (broad SMARTS) is 4. The van der Waals surface area contributed by atoms with Crippen LogP contribution in [0.25, 0.3) is 0 Å². The number of ketones is 4. The van der Waals surface area contributed by atoms with E-state index in [2.05, 4.69) is 0 Å². The van der Waals surface area contributed by atoms with Crippen LogP contribution in [0, 0.1) is 0 Å². The van der Waals surface area contributed by atoms with Crippen molar-refractivity contribution in [3.63, 3.8) is 0 Å². The molecule has 264 valence electrons. The molecule has 0 amide bonds. The molecular formula is C40H28O12Pb. The SMILES string of the molecule is O=C([O-])/C=C/C(=O)c1ccccc1.O=C([O-])/C=C/C(=O)c1ccccc1.O=C([O-])/C=C/C(=O)c1ccccc1.O=C([O-])/C=C/C(=O)c1ccccc1.[Pb+4]. The normalized spacial score (nSPS) is 9.96. The minimum atomic E-state index is -1.37. The molecule has 0 saturated heterocycles. The Bertz CT molecular complexity index is 1650. The Morgan fingerprint density at radius 3 is 0.566 bits per heavy atom. The van der Waals surface area contributed by atoms with Crippen LogP contribution in [0.3, 0.4) is 0 Å². The van der Waals surface area contributed by atoms with Crippen LogP contribution in [0.15, 0.2) is 170 Å². The summed E-state index contributed by atoms with van der Waals surface area (Å²) in [5, 5.41) is 39.9. The van der Waals surface area contributed by atoms with Crippen LogP contribution in [0.4, 0.5) is 0 Å². The summed E-state index contributed by atoms with van der Waals surface area (Å²) in [6, 6.07) is 33.7. The van der Waals surface area contributed by atoms with Gasteiger partial charge in [0.25, 0.3) is 0 Å². The molecule has 53 heavy (non-hydrogen) atoms. The van der Waals surface area contributed by atoms with Gasteiger partial charge in [0.1, 0.15) is 0 Å². The average Bonchev–Trinajstić information content (AvgIpc) is 3.16. The van der Waals surface area contributed by atoms with Gasteiger partial charge in [-0.15, -0.1) is 0 Å². The number of rotatable bonds is 12. The summed E-state index contributed by atoms with van der Waals surface area (Å²) >= 11 is 0. The van der Waals surface area contributed by atoms with E-state index in [9.17, 15) is 58.8 Å². The molecule has 0 radical (unpaired) electrons. The maximum atomic E-state index is 11.2. The van der Waals surface area contributed by atoms with Gasteiger partial charge in [0, 0.05) is 22.3 Å². The Kier molecular flexibility index (Phi) is 23.7. The van der Waals surface area contributed by atoms with Crippen molar-refractivity contribution in [2.45, 2.75) is 0 Å². The molecule has 0 unspecified atom stereocenters. The Labute approximate surface area is 323 Å².